The van der Waals surface area contributed by atoms with E-state index in [0.29, 0.717) is 5.92 Å². The molecule has 1 N–H and O–H groups in total. The van der Waals surface area contributed by atoms with Crippen LogP contribution in [0, 0.1) is 11.3 Å². The number of hydrogen-bond donors (Lipinski definition) is 1. The van der Waals surface area contributed by atoms with E-state index in [4.69, 9.17) is 0 Å². The zero-order chi connectivity index (χ0) is 16.1. The Bertz CT molecular complexity index is 364. The van der Waals surface area contributed by atoms with Crippen LogP contribution in [0.1, 0.15) is 34.6 Å². The monoisotopic (exact) mass is 393 g/mol. The SMILES string of the molecule is CC(C)C(O)P=[C-]C(C)(C)C.[Zr].[cH-]1[cH-][cH-][cH-][cH-]1.c1cc[cH-]c1. The second-order valence-electron chi connectivity index (χ2n) is 6.07. The summed E-state index contributed by atoms with van der Waals surface area (Å²) in [6.45, 7) is 10.3. The third-order valence-corrected chi connectivity index (χ3v) is 3.90. The maximum absolute atomic E-state index is 9.41. The Hall–Kier alpha value is -0.287. The van der Waals surface area contributed by atoms with Crippen LogP contribution in [0.15, 0.2) is 60.7 Å². The van der Waals surface area contributed by atoms with E-state index in [1.165, 1.54) is 0 Å². The molecular weight excluding hydrogens is 366 g/mol. The molecule has 0 saturated carbocycles. The molecule has 1 nitrogen and oxygen atoms in total. The largest absolute Gasteiger partial charge is 0.748 e. The minimum absolute atomic E-state index is 0. The minimum Gasteiger partial charge on any atom is -0.748 e. The molecule has 0 aliphatic rings. The molecule has 0 aliphatic heterocycles. The second kappa shape index (κ2) is 14.3. The number of aliphatic hydroxyl groups excluding tert-OH is 1. The van der Waals surface area contributed by atoms with Crippen LogP contribution in [0.5, 0.6) is 0 Å². The third-order valence-electron chi connectivity index (χ3n) is 2.24. The fraction of sp³-hybridized carbons (Fsp3) is 0.421. The van der Waals surface area contributed by atoms with Gasteiger partial charge in [0.2, 0.25) is 0 Å². The maximum Gasteiger partial charge on any atom is 0.0640 e. The molecule has 2 aromatic carbocycles. The van der Waals surface area contributed by atoms with Gasteiger partial charge < -0.3 is 41.2 Å². The van der Waals surface area contributed by atoms with Crippen molar-refractivity contribution in [2.24, 2.45) is 11.3 Å². The first-order valence-corrected chi connectivity index (χ1v) is 8.27. The summed E-state index contributed by atoms with van der Waals surface area (Å²) in [5, 5.41) is 9.41. The van der Waals surface area contributed by atoms with Gasteiger partial charge in [-0.15, -0.1) is 0 Å². The molecule has 0 aromatic heterocycles. The van der Waals surface area contributed by atoms with Crippen molar-refractivity contribution in [3.63, 3.8) is 0 Å². The van der Waals surface area contributed by atoms with Gasteiger partial charge in [-0.2, -0.15) is 23.6 Å². The van der Waals surface area contributed by atoms with Crippen LogP contribution in [-0.4, -0.2) is 16.7 Å². The number of aliphatic hydroxyl groups is 1. The number of rotatable bonds is 2. The van der Waals surface area contributed by atoms with Crippen molar-refractivity contribution < 1.29 is 31.3 Å². The Balaban J connectivity index is 0. The summed E-state index contributed by atoms with van der Waals surface area (Å²) in [5.41, 5.74) is 0.0947. The zero-order valence-corrected chi connectivity index (χ0v) is 17.7. The molecule has 1 atom stereocenters. The van der Waals surface area contributed by atoms with Gasteiger partial charge in [-0.1, -0.05) is 34.6 Å². The van der Waals surface area contributed by atoms with Crippen molar-refractivity contribution in [2.45, 2.75) is 40.5 Å². The van der Waals surface area contributed by atoms with E-state index in [1.807, 2.05) is 74.5 Å². The molecule has 0 fully saturated rings. The van der Waals surface area contributed by atoms with Crippen molar-refractivity contribution in [1.82, 2.24) is 0 Å². The molecule has 1 unspecified atom stereocenters. The van der Waals surface area contributed by atoms with Gasteiger partial charge in [-0.3, -0.25) is 8.20 Å². The van der Waals surface area contributed by atoms with Crippen LogP contribution in [0.2, 0.25) is 0 Å². The topological polar surface area (TPSA) is 20.2 Å². The van der Waals surface area contributed by atoms with Gasteiger partial charge >= 0.3 is 0 Å². The van der Waals surface area contributed by atoms with E-state index >= 15 is 0 Å². The Labute approximate surface area is 157 Å². The molecule has 2 rings (SSSR count). The van der Waals surface area contributed by atoms with Gasteiger partial charge in [0.25, 0.3) is 0 Å². The Morgan fingerprint density at radius 3 is 1.59 bits per heavy atom. The summed E-state index contributed by atoms with van der Waals surface area (Å²) in [5.74, 6) is 3.30. The first-order valence-electron chi connectivity index (χ1n) is 7.31. The standard InChI is InChI=1S/C9H18OP.2C5H5.Zr/c1-7(2)8(10)11-6-9(3,4)5;2*1-2-4-5-3-1;/h7-8,10H,1-5H3;2*1-5H;/q-1;-5;-1;. The molecule has 22 heavy (non-hydrogen) atoms. The molecule has 0 radical (unpaired) electrons. The third kappa shape index (κ3) is 17.8. The van der Waals surface area contributed by atoms with E-state index in [-0.39, 0.29) is 37.5 Å². The number of hydrogen-bond acceptors (Lipinski definition) is 1. The molecule has 0 saturated heterocycles. The predicted molar refractivity (Wildman–Crippen MR) is 96.3 cm³/mol. The van der Waals surface area contributed by atoms with Crippen LogP contribution in [0.4, 0.5) is 0 Å². The van der Waals surface area contributed by atoms with Gasteiger partial charge in [0, 0.05) is 26.2 Å². The van der Waals surface area contributed by atoms with E-state index in [2.05, 4.69) is 26.6 Å². The second-order valence-corrected chi connectivity index (χ2v) is 7.08. The molecular formula is C19H28OPZr-7. The Morgan fingerprint density at radius 1 is 0.955 bits per heavy atom. The van der Waals surface area contributed by atoms with Crippen LogP contribution < -0.4 is 0 Å². The normalized spacial score (nSPS) is 11.8. The van der Waals surface area contributed by atoms with Gasteiger partial charge in [0.1, 0.15) is 0 Å². The molecule has 0 amide bonds. The van der Waals surface area contributed by atoms with Crippen LogP contribution in [0.3, 0.4) is 0 Å². The molecule has 0 aliphatic carbocycles. The van der Waals surface area contributed by atoms with E-state index in [1.54, 1.807) is 0 Å². The summed E-state index contributed by atoms with van der Waals surface area (Å²) < 4.78 is 0. The summed E-state index contributed by atoms with van der Waals surface area (Å²) in [6, 6.07) is 20.0. The fourth-order valence-electron chi connectivity index (χ4n) is 1.05. The van der Waals surface area contributed by atoms with Crippen molar-refractivity contribution in [3.05, 3.63) is 60.7 Å². The smallest absolute Gasteiger partial charge is 0.0640 e. The summed E-state index contributed by atoms with van der Waals surface area (Å²) in [4.78, 5) is 0. The van der Waals surface area contributed by atoms with Gasteiger partial charge in [0.05, 0.1) is 5.85 Å². The van der Waals surface area contributed by atoms with E-state index in [0.717, 1.165) is 8.20 Å². The van der Waals surface area contributed by atoms with Crippen molar-refractivity contribution in [1.29, 1.82) is 0 Å². The predicted octanol–water partition coefficient (Wildman–Crippen LogP) is 5.44. The summed E-state index contributed by atoms with van der Waals surface area (Å²) in [7, 11) is 0.920. The van der Waals surface area contributed by atoms with Crippen LogP contribution >= 0.6 is 8.20 Å². The quantitative estimate of drug-likeness (QED) is 0.531. The summed E-state index contributed by atoms with van der Waals surface area (Å²) >= 11 is 0. The first kappa shape index (κ1) is 24.0. The molecule has 3 heteroatoms. The average molecular weight is 395 g/mol. The molecule has 0 spiro atoms. The minimum atomic E-state index is -0.255. The van der Waals surface area contributed by atoms with E-state index < -0.39 is 0 Å². The van der Waals surface area contributed by atoms with E-state index in [9.17, 15) is 5.11 Å². The molecule has 0 bridgehead atoms. The Kier molecular flexibility index (Phi) is 15.6. The van der Waals surface area contributed by atoms with Gasteiger partial charge in [-0.25, -0.2) is 12.1 Å². The Morgan fingerprint density at radius 2 is 1.36 bits per heavy atom. The molecule has 0 heterocycles. The molecule has 126 valence electrons. The van der Waals surface area contributed by atoms with Crippen molar-refractivity contribution in [3.8, 4) is 0 Å². The van der Waals surface area contributed by atoms with Gasteiger partial charge in [-0.05, 0) is 5.92 Å². The summed E-state index contributed by atoms with van der Waals surface area (Å²) in [6.07, 6.45) is 0. The fourth-order valence-corrected chi connectivity index (χ4v) is 1.87. The van der Waals surface area contributed by atoms with Crippen LogP contribution in [-0.2, 0) is 26.2 Å². The van der Waals surface area contributed by atoms with Crippen molar-refractivity contribution in [2.75, 3.05) is 0 Å². The molecule has 2 aromatic rings. The van der Waals surface area contributed by atoms with Crippen LogP contribution in [0.25, 0.3) is 0 Å². The zero-order valence-electron chi connectivity index (χ0n) is 14.3. The first-order chi connectivity index (χ1) is 9.83. The van der Waals surface area contributed by atoms with Crippen molar-refractivity contribution >= 4 is 14.0 Å². The van der Waals surface area contributed by atoms with Gasteiger partial charge in [0.15, 0.2) is 0 Å². The maximum atomic E-state index is 9.41. The average Bonchev–Trinajstić information content (AvgIpc) is 3.10.